The highest BCUT2D eigenvalue weighted by Crippen LogP contribution is 2.31. The first-order valence-corrected chi connectivity index (χ1v) is 5.93. The quantitative estimate of drug-likeness (QED) is 0.745. The van der Waals surface area contributed by atoms with Gasteiger partial charge < -0.3 is 21.2 Å². The Kier molecular flexibility index (Phi) is 8.00. The Morgan fingerprint density at radius 2 is 2.00 bits per heavy atom. The predicted octanol–water partition coefficient (Wildman–Crippen LogP) is 2.41. The lowest BCUT2D eigenvalue weighted by molar-refractivity contribution is -0.107. The maximum Gasteiger partial charge on any atom is 0.124 e. The van der Waals surface area contributed by atoms with Crippen LogP contribution in [-0.4, -0.2) is 20.4 Å². The molecule has 0 fully saturated rings. The van der Waals surface area contributed by atoms with Gasteiger partial charge >= 0.3 is 0 Å². The lowest BCUT2D eigenvalue weighted by Gasteiger charge is -2.08. The van der Waals surface area contributed by atoms with Gasteiger partial charge in [-0.25, -0.2) is 0 Å². The van der Waals surface area contributed by atoms with Crippen LogP contribution in [0, 0.1) is 0 Å². The highest BCUT2D eigenvalue weighted by atomic mass is 35.5. The molecule has 1 rings (SSSR count). The lowest BCUT2D eigenvalue weighted by atomic mass is 10.1. The van der Waals surface area contributed by atoms with Crippen molar-refractivity contribution < 1.29 is 4.79 Å². The highest BCUT2D eigenvalue weighted by Gasteiger charge is 2.08. The zero-order valence-electron chi connectivity index (χ0n) is 10.4. The molecule has 0 amide bonds. The van der Waals surface area contributed by atoms with E-state index in [1.807, 2.05) is 0 Å². The van der Waals surface area contributed by atoms with Crippen molar-refractivity contribution in [3.05, 3.63) is 40.1 Å². The predicted molar refractivity (Wildman–Crippen MR) is 78.2 cm³/mol. The first kappa shape index (κ1) is 16.6. The van der Waals surface area contributed by atoms with E-state index in [1.54, 1.807) is 26.2 Å². The molecule has 1 aromatic carbocycles. The molecule has 0 aliphatic carbocycles. The molecular weight excluding hydrogens is 273 g/mol. The second kappa shape index (κ2) is 8.66. The van der Waals surface area contributed by atoms with Gasteiger partial charge in [-0.2, -0.15) is 0 Å². The number of anilines is 1. The van der Waals surface area contributed by atoms with E-state index < -0.39 is 0 Å². The third-order valence-corrected chi connectivity index (χ3v) is 2.85. The monoisotopic (exact) mass is 289 g/mol. The third-order valence-electron chi connectivity index (χ3n) is 2.06. The van der Waals surface area contributed by atoms with Gasteiger partial charge in [0.1, 0.15) is 6.29 Å². The van der Waals surface area contributed by atoms with Crippen LogP contribution in [0.3, 0.4) is 0 Å². The van der Waals surface area contributed by atoms with E-state index in [2.05, 4.69) is 17.2 Å². The molecule has 0 heterocycles. The summed E-state index contributed by atoms with van der Waals surface area (Å²) in [5.74, 6) is 0.505. The van der Waals surface area contributed by atoms with E-state index in [9.17, 15) is 4.79 Å². The summed E-state index contributed by atoms with van der Waals surface area (Å²) in [5, 5.41) is 6.57. The first-order valence-electron chi connectivity index (χ1n) is 5.18. The zero-order chi connectivity index (χ0) is 14.1. The average molecular weight is 290 g/mol. The molecule has 0 spiro atoms. The summed E-state index contributed by atoms with van der Waals surface area (Å²) in [6, 6.07) is 3.50. The van der Waals surface area contributed by atoms with Crippen molar-refractivity contribution in [1.29, 1.82) is 0 Å². The number of nitrogens with one attached hydrogen (secondary N) is 2. The van der Waals surface area contributed by atoms with Crippen LogP contribution in [0.5, 0.6) is 0 Å². The van der Waals surface area contributed by atoms with Crippen molar-refractivity contribution >= 4 is 35.2 Å². The van der Waals surface area contributed by atoms with Gasteiger partial charge in [0.2, 0.25) is 0 Å². The SMILES string of the molecule is C=C(N)NC.CNc1ccc(Cl)c(CC=O)c1Cl. The Morgan fingerprint density at radius 1 is 1.44 bits per heavy atom. The van der Waals surface area contributed by atoms with Gasteiger partial charge in [0.25, 0.3) is 0 Å². The minimum Gasteiger partial charge on any atom is -0.387 e. The Morgan fingerprint density at radius 3 is 2.39 bits per heavy atom. The summed E-state index contributed by atoms with van der Waals surface area (Å²) < 4.78 is 0. The normalized spacial score (nSPS) is 8.89. The topological polar surface area (TPSA) is 67.2 Å². The number of nitrogens with two attached hydrogens (primary N) is 1. The number of carbonyl (C=O) groups is 1. The van der Waals surface area contributed by atoms with Crippen molar-refractivity contribution in [2.24, 2.45) is 5.73 Å². The molecule has 0 saturated carbocycles. The van der Waals surface area contributed by atoms with Crippen LogP contribution >= 0.6 is 23.2 Å². The van der Waals surface area contributed by atoms with Crippen molar-refractivity contribution in [3.8, 4) is 0 Å². The second-order valence-electron chi connectivity index (χ2n) is 3.28. The molecule has 18 heavy (non-hydrogen) atoms. The molecule has 0 atom stereocenters. The van der Waals surface area contributed by atoms with Crippen molar-refractivity contribution in [2.45, 2.75) is 6.42 Å². The Bertz CT molecular complexity index is 422. The zero-order valence-corrected chi connectivity index (χ0v) is 11.9. The summed E-state index contributed by atoms with van der Waals surface area (Å²) in [7, 11) is 3.49. The van der Waals surface area contributed by atoms with E-state index in [0.29, 0.717) is 21.4 Å². The number of halogens is 2. The van der Waals surface area contributed by atoms with Gasteiger partial charge in [0.05, 0.1) is 16.5 Å². The van der Waals surface area contributed by atoms with Gasteiger partial charge in [-0.05, 0) is 17.7 Å². The minimum atomic E-state index is 0.243. The summed E-state index contributed by atoms with van der Waals surface area (Å²) in [6.07, 6.45) is 1.03. The molecule has 0 unspecified atom stereocenters. The van der Waals surface area contributed by atoms with Crippen molar-refractivity contribution in [1.82, 2.24) is 5.32 Å². The number of hydrogen-bond acceptors (Lipinski definition) is 4. The van der Waals surface area contributed by atoms with E-state index in [1.165, 1.54) is 0 Å². The van der Waals surface area contributed by atoms with Gasteiger partial charge in [-0.15, -0.1) is 0 Å². The summed E-state index contributed by atoms with van der Waals surface area (Å²) >= 11 is 11.9. The number of aldehydes is 1. The van der Waals surface area contributed by atoms with E-state index in [0.717, 1.165) is 12.0 Å². The Labute approximate surface area is 117 Å². The van der Waals surface area contributed by atoms with Crippen LogP contribution in [0.4, 0.5) is 5.69 Å². The fourth-order valence-corrected chi connectivity index (χ4v) is 1.68. The number of rotatable bonds is 4. The van der Waals surface area contributed by atoms with Gasteiger partial charge in [-0.1, -0.05) is 29.8 Å². The lowest BCUT2D eigenvalue weighted by Crippen LogP contribution is -2.11. The summed E-state index contributed by atoms with van der Waals surface area (Å²) in [5.41, 5.74) is 6.44. The maximum atomic E-state index is 10.3. The molecular formula is C12H17Cl2N3O. The second-order valence-corrected chi connectivity index (χ2v) is 4.07. The molecule has 100 valence electrons. The maximum absolute atomic E-state index is 10.3. The summed E-state index contributed by atoms with van der Waals surface area (Å²) in [4.78, 5) is 10.3. The Hall–Kier alpha value is -1.39. The average Bonchev–Trinajstić information content (AvgIpc) is 2.35. The molecule has 0 saturated heterocycles. The van der Waals surface area contributed by atoms with Gasteiger partial charge in [0.15, 0.2) is 0 Å². The Balaban J connectivity index is 0.000000494. The fourth-order valence-electron chi connectivity index (χ4n) is 1.06. The first-order chi connectivity index (χ1) is 8.47. The minimum absolute atomic E-state index is 0.243. The van der Waals surface area contributed by atoms with Crippen molar-refractivity contribution in [3.63, 3.8) is 0 Å². The van der Waals surface area contributed by atoms with E-state index in [-0.39, 0.29) is 6.42 Å². The van der Waals surface area contributed by atoms with Gasteiger partial charge in [-0.3, -0.25) is 0 Å². The van der Waals surface area contributed by atoms with E-state index >= 15 is 0 Å². The van der Waals surface area contributed by atoms with Crippen LogP contribution in [0.25, 0.3) is 0 Å². The smallest absolute Gasteiger partial charge is 0.124 e. The molecule has 1 aromatic rings. The number of benzene rings is 1. The molecule has 0 aliphatic heterocycles. The van der Waals surface area contributed by atoms with E-state index in [4.69, 9.17) is 28.9 Å². The molecule has 0 aromatic heterocycles. The fraction of sp³-hybridized carbons (Fsp3) is 0.250. The largest absolute Gasteiger partial charge is 0.387 e. The van der Waals surface area contributed by atoms with Crippen LogP contribution < -0.4 is 16.4 Å². The molecule has 6 heteroatoms. The molecule has 4 nitrogen and oxygen atoms in total. The molecule has 4 N–H and O–H groups in total. The van der Waals surface area contributed by atoms with Crippen molar-refractivity contribution in [2.75, 3.05) is 19.4 Å². The van der Waals surface area contributed by atoms with Gasteiger partial charge in [0, 0.05) is 25.5 Å². The number of hydrogen-bond donors (Lipinski definition) is 3. The highest BCUT2D eigenvalue weighted by molar-refractivity contribution is 6.37. The standard InChI is InChI=1S/C9H9Cl2NO.C3H8N2/c1-12-8-3-2-7(10)6(4-5-13)9(8)11;1-3(4)5-2/h2-3,5,12H,4H2,1H3;5H,1,4H2,2H3. The van der Waals surface area contributed by atoms with Crippen LogP contribution in [0.2, 0.25) is 10.0 Å². The molecule has 0 aliphatic rings. The molecule has 0 bridgehead atoms. The number of carbonyl (C=O) groups excluding carboxylic acids is 1. The third kappa shape index (κ3) is 5.29. The molecule has 0 radical (unpaired) electrons. The summed E-state index contributed by atoms with van der Waals surface area (Å²) in [6.45, 7) is 3.34. The van der Waals surface area contributed by atoms with Crippen LogP contribution in [0.1, 0.15) is 5.56 Å². The van der Waals surface area contributed by atoms with Crippen LogP contribution in [0.15, 0.2) is 24.5 Å². The van der Waals surface area contributed by atoms with Crippen LogP contribution in [-0.2, 0) is 11.2 Å².